The first-order valence-corrected chi connectivity index (χ1v) is 4.31. The van der Waals surface area contributed by atoms with E-state index in [9.17, 15) is 4.79 Å². The van der Waals surface area contributed by atoms with Crippen LogP contribution in [0.15, 0.2) is 10.2 Å². The van der Waals surface area contributed by atoms with Crippen molar-refractivity contribution in [3.8, 4) is 0 Å². The van der Waals surface area contributed by atoms with Gasteiger partial charge >= 0.3 is 4.87 Å². The number of H-pyrrole nitrogens is 1. The highest BCUT2D eigenvalue weighted by molar-refractivity contribution is 7.07. The van der Waals surface area contributed by atoms with Gasteiger partial charge in [0.1, 0.15) is 0 Å². The lowest BCUT2D eigenvalue weighted by molar-refractivity contribution is 0.433. The third-order valence-corrected chi connectivity index (χ3v) is 2.49. The van der Waals surface area contributed by atoms with E-state index >= 15 is 0 Å². The quantitative estimate of drug-likeness (QED) is 0.696. The van der Waals surface area contributed by atoms with Crippen molar-refractivity contribution in [2.45, 2.75) is 19.4 Å². The zero-order chi connectivity index (χ0) is 8.48. The van der Waals surface area contributed by atoms with Crippen LogP contribution in [0.25, 0.3) is 0 Å². The summed E-state index contributed by atoms with van der Waals surface area (Å²) in [5, 5.41) is 4.95. The molecule has 0 unspecified atom stereocenters. The molecule has 0 fully saturated rings. The summed E-state index contributed by atoms with van der Waals surface area (Å²) in [5.74, 6) is 0. The molecule has 1 heterocycles. The van der Waals surface area contributed by atoms with Gasteiger partial charge in [-0.1, -0.05) is 11.3 Å². The Morgan fingerprint density at radius 3 is 2.64 bits per heavy atom. The van der Waals surface area contributed by atoms with Gasteiger partial charge in [-0.05, 0) is 20.9 Å². The Kier molecular flexibility index (Phi) is 2.15. The minimum Gasteiger partial charge on any atom is -0.315 e. The fourth-order valence-electron chi connectivity index (χ4n) is 0.720. The molecule has 1 aromatic heterocycles. The van der Waals surface area contributed by atoms with Crippen LogP contribution in [0, 0.1) is 0 Å². The molecule has 0 aromatic carbocycles. The summed E-state index contributed by atoms with van der Waals surface area (Å²) < 4.78 is 0. The maximum absolute atomic E-state index is 10.8. The summed E-state index contributed by atoms with van der Waals surface area (Å²) in [5.41, 5.74) is 0.800. The average Bonchev–Trinajstić information content (AvgIpc) is 2.36. The molecule has 0 spiro atoms. The second-order valence-corrected chi connectivity index (χ2v) is 3.78. The van der Waals surface area contributed by atoms with Crippen LogP contribution in [0.4, 0.5) is 0 Å². The Morgan fingerprint density at radius 1 is 1.64 bits per heavy atom. The van der Waals surface area contributed by atoms with Gasteiger partial charge in [0.2, 0.25) is 0 Å². The van der Waals surface area contributed by atoms with E-state index in [1.54, 1.807) is 0 Å². The van der Waals surface area contributed by atoms with Crippen molar-refractivity contribution in [3.05, 3.63) is 20.7 Å². The molecule has 3 nitrogen and oxygen atoms in total. The topological polar surface area (TPSA) is 44.9 Å². The molecule has 0 aliphatic rings. The molecule has 0 saturated heterocycles. The standard InChI is InChI=1S/C7H12N2OS/c1-7(2,8-3)5-4-11-6(10)9-5/h4,8H,1-3H3,(H,9,10). The molecule has 0 bridgehead atoms. The van der Waals surface area contributed by atoms with E-state index in [2.05, 4.69) is 10.3 Å². The summed E-state index contributed by atoms with van der Waals surface area (Å²) in [7, 11) is 1.87. The number of nitrogens with one attached hydrogen (secondary N) is 2. The molecule has 0 atom stereocenters. The zero-order valence-corrected chi connectivity index (χ0v) is 7.71. The monoisotopic (exact) mass is 172 g/mol. The first-order chi connectivity index (χ1) is 5.06. The van der Waals surface area contributed by atoms with Crippen molar-refractivity contribution in [1.82, 2.24) is 10.3 Å². The Balaban J connectivity index is 3.01. The number of aromatic nitrogens is 1. The Labute approximate surface area is 69.5 Å². The molecule has 11 heavy (non-hydrogen) atoms. The van der Waals surface area contributed by atoms with E-state index in [4.69, 9.17) is 0 Å². The van der Waals surface area contributed by atoms with Gasteiger partial charge in [-0.25, -0.2) is 0 Å². The fourth-order valence-corrected chi connectivity index (χ4v) is 1.47. The molecule has 0 saturated carbocycles. The van der Waals surface area contributed by atoms with Crippen LogP contribution in [-0.4, -0.2) is 12.0 Å². The van der Waals surface area contributed by atoms with E-state index in [1.807, 2.05) is 26.3 Å². The normalized spacial score (nSPS) is 11.9. The summed E-state index contributed by atoms with van der Waals surface area (Å²) in [4.78, 5) is 13.6. The summed E-state index contributed by atoms with van der Waals surface area (Å²) >= 11 is 1.20. The van der Waals surface area contributed by atoms with Crippen LogP contribution in [0.3, 0.4) is 0 Å². The third-order valence-electron chi connectivity index (χ3n) is 1.82. The highest BCUT2D eigenvalue weighted by Crippen LogP contribution is 2.16. The molecule has 1 rings (SSSR count). The molecule has 2 N–H and O–H groups in total. The summed E-state index contributed by atoms with van der Waals surface area (Å²) in [6.45, 7) is 4.04. The second-order valence-electron chi connectivity index (χ2n) is 2.94. The predicted molar refractivity (Wildman–Crippen MR) is 47.0 cm³/mol. The minimum atomic E-state index is -0.140. The Bertz CT molecular complexity index is 287. The van der Waals surface area contributed by atoms with E-state index in [1.165, 1.54) is 11.3 Å². The molecular weight excluding hydrogens is 160 g/mol. The molecule has 1 aromatic rings. The highest BCUT2D eigenvalue weighted by atomic mass is 32.1. The van der Waals surface area contributed by atoms with Crippen molar-refractivity contribution in [1.29, 1.82) is 0 Å². The van der Waals surface area contributed by atoms with Gasteiger partial charge in [0.15, 0.2) is 0 Å². The van der Waals surface area contributed by atoms with Crippen molar-refractivity contribution < 1.29 is 0 Å². The van der Waals surface area contributed by atoms with Gasteiger partial charge in [0.25, 0.3) is 0 Å². The van der Waals surface area contributed by atoms with Gasteiger partial charge in [-0.15, -0.1) is 0 Å². The van der Waals surface area contributed by atoms with E-state index < -0.39 is 0 Å². The zero-order valence-electron chi connectivity index (χ0n) is 6.89. The highest BCUT2D eigenvalue weighted by Gasteiger charge is 2.19. The van der Waals surface area contributed by atoms with E-state index in [0.717, 1.165) is 5.69 Å². The van der Waals surface area contributed by atoms with Crippen molar-refractivity contribution >= 4 is 11.3 Å². The lowest BCUT2D eigenvalue weighted by Gasteiger charge is -2.21. The Morgan fingerprint density at radius 2 is 2.27 bits per heavy atom. The van der Waals surface area contributed by atoms with Crippen molar-refractivity contribution in [2.24, 2.45) is 0 Å². The van der Waals surface area contributed by atoms with Gasteiger partial charge < -0.3 is 10.3 Å². The molecule has 0 amide bonds. The van der Waals surface area contributed by atoms with Crippen LogP contribution in [0.2, 0.25) is 0 Å². The van der Waals surface area contributed by atoms with Gasteiger partial charge in [0, 0.05) is 11.1 Å². The number of aromatic amines is 1. The fraction of sp³-hybridized carbons (Fsp3) is 0.571. The van der Waals surface area contributed by atoms with Crippen LogP contribution in [0.1, 0.15) is 19.5 Å². The summed E-state index contributed by atoms with van der Waals surface area (Å²) in [6, 6.07) is 0. The second kappa shape index (κ2) is 2.79. The maximum Gasteiger partial charge on any atom is 0.304 e. The minimum absolute atomic E-state index is 0.00308. The first-order valence-electron chi connectivity index (χ1n) is 3.43. The molecular formula is C7H12N2OS. The molecule has 0 aliphatic carbocycles. The van der Waals surface area contributed by atoms with Crippen LogP contribution in [-0.2, 0) is 5.54 Å². The van der Waals surface area contributed by atoms with Gasteiger partial charge in [-0.2, -0.15) is 0 Å². The SMILES string of the molecule is CNC(C)(C)c1csc(=O)[nH]1. The molecule has 4 heteroatoms. The maximum atomic E-state index is 10.8. The number of hydrogen-bond acceptors (Lipinski definition) is 3. The lowest BCUT2D eigenvalue weighted by Crippen LogP contribution is -2.33. The van der Waals surface area contributed by atoms with Crippen LogP contribution >= 0.6 is 11.3 Å². The number of rotatable bonds is 2. The Hall–Kier alpha value is -0.610. The largest absolute Gasteiger partial charge is 0.315 e. The van der Waals surface area contributed by atoms with Crippen molar-refractivity contribution in [2.75, 3.05) is 7.05 Å². The molecule has 62 valence electrons. The third kappa shape index (κ3) is 1.70. The molecule has 0 aliphatic heterocycles. The number of hydrogen-bond donors (Lipinski definition) is 2. The van der Waals surface area contributed by atoms with E-state index in [-0.39, 0.29) is 10.4 Å². The van der Waals surface area contributed by atoms with Crippen molar-refractivity contribution in [3.63, 3.8) is 0 Å². The van der Waals surface area contributed by atoms with Crippen LogP contribution < -0.4 is 10.2 Å². The van der Waals surface area contributed by atoms with Gasteiger partial charge in [-0.3, -0.25) is 4.79 Å². The average molecular weight is 172 g/mol. The summed E-state index contributed by atoms with van der Waals surface area (Å²) in [6.07, 6.45) is 0. The smallest absolute Gasteiger partial charge is 0.304 e. The molecule has 0 radical (unpaired) electrons. The van der Waals surface area contributed by atoms with Crippen LogP contribution in [0.5, 0.6) is 0 Å². The van der Waals surface area contributed by atoms with Gasteiger partial charge in [0.05, 0.1) is 5.54 Å². The predicted octanol–water partition coefficient (Wildman–Crippen LogP) is 0.891. The van der Waals surface area contributed by atoms with E-state index in [0.29, 0.717) is 0 Å². The lowest BCUT2D eigenvalue weighted by atomic mass is 10.0. The number of thiazole rings is 1. The first kappa shape index (κ1) is 8.49.